The van der Waals surface area contributed by atoms with Gasteiger partial charge in [0.2, 0.25) is 17.7 Å². The standard InChI is InChI=1S/C34H32F6N4O3/c35-33(36,37)23-15-22(16-24(17-23)34(38,39)40)26-11-10-21(20-41-26)25-18-28(43-13-5-2-8-31(43)46)29(44-14-6-3-9-32(44)47)19-27(25)42-12-4-1-7-30(42)45/h10-11,15-20H,1-9,12-14H2. The first-order valence-electron chi connectivity index (χ1n) is 15.7. The second-order valence-electron chi connectivity index (χ2n) is 12.1. The van der Waals surface area contributed by atoms with Gasteiger partial charge in [-0.15, -0.1) is 0 Å². The Morgan fingerprint density at radius 2 is 1.00 bits per heavy atom. The van der Waals surface area contributed by atoms with Crippen molar-refractivity contribution in [3.8, 4) is 22.4 Å². The summed E-state index contributed by atoms with van der Waals surface area (Å²) < 4.78 is 81.2. The third kappa shape index (κ3) is 6.70. The lowest BCUT2D eigenvalue weighted by molar-refractivity contribution is -0.143. The van der Waals surface area contributed by atoms with Gasteiger partial charge in [-0.25, -0.2) is 0 Å². The fourth-order valence-electron chi connectivity index (χ4n) is 6.46. The Kier molecular flexibility index (Phi) is 8.75. The van der Waals surface area contributed by atoms with Crippen LogP contribution < -0.4 is 14.7 Å². The minimum atomic E-state index is -5.01. The SMILES string of the molecule is O=C1CCCCN1c1cc(N2CCCCC2=O)c(N2CCCCC2=O)cc1-c1ccc(-c2cc(C(F)(F)F)cc(C(F)(F)F)c2)nc1. The molecule has 2 aromatic carbocycles. The van der Waals surface area contributed by atoms with Crippen LogP contribution in [0.1, 0.15) is 68.9 Å². The molecule has 3 aromatic rings. The van der Waals surface area contributed by atoms with Gasteiger partial charge in [0.05, 0.1) is 33.9 Å². The van der Waals surface area contributed by atoms with Crippen molar-refractivity contribution in [2.75, 3.05) is 34.3 Å². The lowest BCUT2D eigenvalue weighted by Gasteiger charge is -2.36. The predicted molar refractivity (Wildman–Crippen MR) is 164 cm³/mol. The normalized spacial score (nSPS) is 18.3. The van der Waals surface area contributed by atoms with Gasteiger partial charge < -0.3 is 14.7 Å². The minimum absolute atomic E-state index is 0.0673. The van der Waals surface area contributed by atoms with E-state index in [-0.39, 0.29) is 35.0 Å². The first-order chi connectivity index (χ1) is 22.3. The number of alkyl halides is 6. The van der Waals surface area contributed by atoms with E-state index in [9.17, 15) is 40.7 Å². The van der Waals surface area contributed by atoms with Crippen LogP contribution in [-0.2, 0) is 26.7 Å². The van der Waals surface area contributed by atoms with E-state index < -0.39 is 23.5 Å². The number of aromatic nitrogens is 1. The maximum atomic E-state index is 13.5. The van der Waals surface area contributed by atoms with E-state index in [0.29, 0.717) is 79.2 Å². The maximum absolute atomic E-state index is 13.5. The summed E-state index contributed by atoms with van der Waals surface area (Å²) in [5.74, 6) is -0.312. The molecule has 47 heavy (non-hydrogen) atoms. The van der Waals surface area contributed by atoms with Crippen molar-refractivity contribution in [3.05, 3.63) is 59.8 Å². The third-order valence-electron chi connectivity index (χ3n) is 8.89. The molecule has 0 atom stereocenters. The van der Waals surface area contributed by atoms with Gasteiger partial charge in [0, 0.05) is 61.8 Å². The van der Waals surface area contributed by atoms with Crippen molar-refractivity contribution in [1.82, 2.24) is 4.98 Å². The highest BCUT2D eigenvalue weighted by Gasteiger charge is 2.37. The molecule has 248 valence electrons. The smallest absolute Gasteiger partial charge is 0.312 e. The fraction of sp³-hybridized carbons (Fsp3) is 0.412. The fourth-order valence-corrected chi connectivity index (χ4v) is 6.46. The van der Waals surface area contributed by atoms with Crippen LogP contribution in [0.5, 0.6) is 0 Å². The molecule has 3 amide bonds. The summed E-state index contributed by atoms with van der Waals surface area (Å²) in [5.41, 5.74) is -0.903. The average molecular weight is 659 g/mol. The topological polar surface area (TPSA) is 73.8 Å². The molecule has 3 aliphatic heterocycles. The van der Waals surface area contributed by atoms with Crippen molar-refractivity contribution >= 4 is 34.8 Å². The first-order valence-corrected chi connectivity index (χ1v) is 15.7. The van der Waals surface area contributed by atoms with Crippen LogP contribution in [0.25, 0.3) is 22.4 Å². The van der Waals surface area contributed by atoms with Crippen molar-refractivity contribution < 1.29 is 40.7 Å². The van der Waals surface area contributed by atoms with Gasteiger partial charge in [-0.3, -0.25) is 19.4 Å². The zero-order valence-corrected chi connectivity index (χ0v) is 25.4. The lowest BCUT2D eigenvalue weighted by atomic mass is 9.96. The number of hydrogen-bond acceptors (Lipinski definition) is 4. The number of halogens is 6. The van der Waals surface area contributed by atoms with E-state index in [1.807, 2.05) is 0 Å². The number of benzene rings is 2. The summed E-state index contributed by atoms with van der Waals surface area (Å²) in [5, 5.41) is 0. The minimum Gasteiger partial charge on any atom is -0.312 e. The summed E-state index contributed by atoms with van der Waals surface area (Å²) >= 11 is 0. The molecule has 13 heteroatoms. The summed E-state index contributed by atoms with van der Waals surface area (Å²) in [7, 11) is 0. The predicted octanol–water partition coefficient (Wildman–Crippen LogP) is 8.00. The van der Waals surface area contributed by atoms with Crippen LogP contribution in [-0.4, -0.2) is 42.3 Å². The van der Waals surface area contributed by atoms with Crippen LogP contribution in [0.4, 0.5) is 43.4 Å². The molecule has 0 radical (unpaired) electrons. The molecule has 0 spiro atoms. The molecule has 7 nitrogen and oxygen atoms in total. The number of pyridine rings is 1. The van der Waals surface area contributed by atoms with Crippen LogP contribution >= 0.6 is 0 Å². The second kappa shape index (κ2) is 12.6. The van der Waals surface area contributed by atoms with E-state index in [2.05, 4.69) is 4.98 Å². The number of anilines is 3. The Morgan fingerprint density at radius 3 is 1.43 bits per heavy atom. The Labute approximate surface area is 267 Å². The monoisotopic (exact) mass is 658 g/mol. The largest absolute Gasteiger partial charge is 0.416 e. The number of hydrogen-bond donors (Lipinski definition) is 0. The molecular formula is C34H32F6N4O3. The van der Waals surface area contributed by atoms with Gasteiger partial charge in [-0.1, -0.05) is 6.07 Å². The number of amides is 3. The molecule has 6 rings (SSSR count). The first kappa shape index (κ1) is 32.5. The second-order valence-corrected chi connectivity index (χ2v) is 12.1. The van der Waals surface area contributed by atoms with Crippen molar-refractivity contribution in [2.24, 2.45) is 0 Å². The van der Waals surface area contributed by atoms with Crippen LogP contribution in [0.3, 0.4) is 0 Å². The zero-order chi connectivity index (χ0) is 33.5. The summed E-state index contributed by atoms with van der Waals surface area (Å²) in [6.07, 6.45) is -3.21. The van der Waals surface area contributed by atoms with Crippen LogP contribution in [0, 0.1) is 0 Å². The molecule has 4 heterocycles. The van der Waals surface area contributed by atoms with Gasteiger partial charge in [-0.05, 0) is 74.9 Å². The zero-order valence-electron chi connectivity index (χ0n) is 25.4. The highest BCUT2D eigenvalue weighted by molar-refractivity contribution is 6.07. The van der Waals surface area contributed by atoms with E-state index in [0.717, 1.165) is 38.5 Å². The Morgan fingerprint density at radius 1 is 0.532 bits per heavy atom. The van der Waals surface area contributed by atoms with Crippen molar-refractivity contribution in [2.45, 2.75) is 70.1 Å². The van der Waals surface area contributed by atoms with Crippen molar-refractivity contribution in [1.29, 1.82) is 0 Å². The molecule has 3 aliphatic rings. The van der Waals surface area contributed by atoms with E-state index in [1.165, 1.54) is 18.3 Å². The maximum Gasteiger partial charge on any atom is 0.416 e. The summed E-state index contributed by atoms with van der Waals surface area (Å²) in [4.78, 5) is 48.8. The Hall–Kier alpha value is -4.42. The molecule has 0 aliphatic carbocycles. The van der Waals surface area contributed by atoms with E-state index in [1.54, 1.807) is 26.8 Å². The molecule has 0 N–H and O–H groups in total. The number of piperidine rings is 3. The van der Waals surface area contributed by atoms with Crippen molar-refractivity contribution in [3.63, 3.8) is 0 Å². The van der Waals surface area contributed by atoms with Gasteiger partial charge in [0.1, 0.15) is 0 Å². The highest BCUT2D eigenvalue weighted by atomic mass is 19.4. The third-order valence-corrected chi connectivity index (χ3v) is 8.89. The van der Waals surface area contributed by atoms with Crippen LogP contribution in [0.2, 0.25) is 0 Å². The van der Waals surface area contributed by atoms with Gasteiger partial charge >= 0.3 is 12.4 Å². The average Bonchev–Trinajstić information content (AvgIpc) is 3.04. The summed E-state index contributed by atoms with van der Waals surface area (Å²) in [6, 6.07) is 7.68. The molecule has 0 unspecified atom stereocenters. The number of nitrogens with zero attached hydrogens (tertiary/aromatic N) is 4. The Balaban J connectivity index is 1.50. The number of carbonyl (C=O) groups excluding carboxylic acids is 3. The Bertz CT molecular complexity index is 1670. The number of carbonyl (C=O) groups is 3. The molecule has 3 fully saturated rings. The van der Waals surface area contributed by atoms with Gasteiger partial charge in [0.25, 0.3) is 0 Å². The molecule has 3 saturated heterocycles. The lowest BCUT2D eigenvalue weighted by Crippen LogP contribution is -2.40. The quantitative estimate of drug-likeness (QED) is 0.261. The van der Waals surface area contributed by atoms with Gasteiger partial charge in [0.15, 0.2) is 0 Å². The highest BCUT2D eigenvalue weighted by Crippen LogP contribution is 2.45. The summed E-state index contributed by atoms with van der Waals surface area (Å²) in [6.45, 7) is 1.30. The van der Waals surface area contributed by atoms with Gasteiger partial charge in [-0.2, -0.15) is 26.3 Å². The number of rotatable bonds is 5. The van der Waals surface area contributed by atoms with E-state index >= 15 is 0 Å². The molecule has 1 aromatic heterocycles. The van der Waals surface area contributed by atoms with E-state index in [4.69, 9.17) is 0 Å². The molecule has 0 saturated carbocycles. The van der Waals surface area contributed by atoms with Crippen LogP contribution in [0.15, 0.2) is 48.7 Å². The molecule has 0 bridgehead atoms. The molecular weight excluding hydrogens is 626 g/mol.